The number of rotatable bonds is 5. The van der Waals surface area contributed by atoms with Crippen molar-refractivity contribution in [3.05, 3.63) is 81.9 Å². The third-order valence-corrected chi connectivity index (χ3v) is 4.96. The predicted octanol–water partition coefficient (Wildman–Crippen LogP) is 5.70. The van der Waals surface area contributed by atoms with E-state index in [0.717, 1.165) is 6.07 Å². The largest absolute Gasteiger partial charge is 0.452 e. The molecule has 5 nitrogen and oxygen atoms in total. The molecule has 0 saturated heterocycles. The van der Waals surface area contributed by atoms with Gasteiger partial charge in [-0.2, -0.15) is 13.2 Å². The summed E-state index contributed by atoms with van der Waals surface area (Å²) in [5.41, 5.74) is 0.810. The Bertz CT molecular complexity index is 1170. The fourth-order valence-corrected chi connectivity index (χ4v) is 3.41. The molecule has 1 N–H and O–H groups in total. The minimum absolute atomic E-state index is 0.141. The van der Waals surface area contributed by atoms with E-state index < -0.39 is 41.1 Å². The smallest absolute Gasteiger partial charge is 0.417 e. The minimum Gasteiger partial charge on any atom is -0.452 e. The number of aromatic nitrogens is 1. The molecule has 0 spiro atoms. The Morgan fingerprint density at radius 3 is 2.34 bits per heavy atom. The molecule has 0 saturated carbocycles. The molecule has 10 heteroatoms. The molecule has 3 rings (SSSR count). The average Bonchev–Trinajstić information content (AvgIpc) is 3.02. The number of alkyl halides is 3. The number of nitrogens with zero attached hydrogens (tertiary/aromatic N) is 1. The van der Waals surface area contributed by atoms with E-state index in [1.165, 1.54) is 18.2 Å². The van der Waals surface area contributed by atoms with Gasteiger partial charge in [-0.1, -0.05) is 11.6 Å². The van der Waals surface area contributed by atoms with Crippen LogP contribution in [-0.2, 0) is 15.7 Å². The molecule has 1 heterocycles. The summed E-state index contributed by atoms with van der Waals surface area (Å²) >= 11 is 5.55. The van der Waals surface area contributed by atoms with Crippen LogP contribution < -0.4 is 5.32 Å². The Morgan fingerprint density at radius 2 is 1.72 bits per heavy atom. The van der Waals surface area contributed by atoms with Crippen molar-refractivity contribution in [2.24, 2.45) is 0 Å². The SMILES string of the molecule is Cc1cc(C(=O)OCC(=O)Nc2ccc(Cl)c(C(F)(F)F)c2)c(C)n1-c1ccc(F)cc1. The van der Waals surface area contributed by atoms with E-state index in [0.29, 0.717) is 23.1 Å². The van der Waals surface area contributed by atoms with E-state index in [4.69, 9.17) is 16.3 Å². The summed E-state index contributed by atoms with van der Waals surface area (Å²) in [4.78, 5) is 24.5. The van der Waals surface area contributed by atoms with Crippen molar-refractivity contribution in [3.8, 4) is 5.69 Å². The van der Waals surface area contributed by atoms with Crippen molar-refractivity contribution in [2.75, 3.05) is 11.9 Å². The number of aryl methyl sites for hydroxylation is 1. The van der Waals surface area contributed by atoms with Crippen LogP contribution >= 0.6 is 11.6 Å². The molecular formula is C22H17ClF4N2O3. The topological polar surface area (TPSA) is 60.3 Å². The van der Waals surface area contributed by atoms with Gasteiger partial charge in [0, 0.05) is 22.8 Å². The maximum Gasteiger partial charge on any atom is 0.417 e. The molecule has 32 heavy (non-hydrogen) atoms. The molecule has 0 atom stereocenters. The van der Waals surface area contributed by atoms with Crippen LogP contribution in [0.15, 0.2) is 48.5 Å². The molecular weight excluding hydrogens is 452 g/mol. The van der Waals surface area contributed by atoms with Crippen LogP contribution in [0.5, 0.6) is 0 Å². The second-order valence-corrected chi connectivity index (χ2v) is 7.32. The Labute approximate surface area is 185 Å². The number of anilines is 1. The average molecular weight is 469 g/mol. The Balaban J connectivity index is 1.68. The molecule has 0 radical (unpaired) electrons. The summed E-state index contributed by atoms with van der Waals surface area (Å²) in [5.74, 6) is -2.00. The van der Waals surface area contributed by atoms with Crippen LogP contribution in [0.25, 0.3) is 5.69 Å². The van der Waals surface area contributed by atoms with Crippen LogP contribution in [0.2, 0.25) is 5.02 Å². The van der Waals surface area contributed by atoms with Gasteiger partial charge in [0.05, 0.1) is 16.1 Å². The fourth-order valence-electron chi connectivity index (χ4n) is 3.18. The number of hydrogen-bond acceptors (Lipinski definition) is 3. The number of carbonyl (C=O) groups is 2. The lowest BCUT2D eigenvalue weighted by Crippen LogP contribution is -2.21. The second-order valence-electron chi connectivity index (χ2n) is 6.91. The van der Waals surface area contributed by atoms with E-state index in [-0.39, 0.29) is 11.3 Å². The van der Waals surface area contributed by atoms with Crippen molar-refractivity contribution in [2.45, 2.75) is 20.0 Å². The maximum atomic E-state index is 13.2. The molecule has 1 aromatic heterocycles. The van der Waals surface area contributed by atoms with E-state index in [2.05, 4.69) is 5.32 Å². The van der Waals surface area contributed by atoms with Crippen molar-refractivity contribution < 1.29 is 31.9 Å². The minimum atomic E-state index is -4.68. The Kier molecular flexibility index (Phi) is 6.59. The van der Waals surface area contributed by atoms with Gasteiger partial charge in [0.2, 0.25) is 0 Å². The zero-order valence-corrected chi connectivity index (χ0v) is 17.6. The van der Waals surface area contributed by atoms with Gasteiger partial charge in [-0.05, 0) is 62.4 Å². The van der Waals surface area contributed by atoms with Crippen LogP contribution in [0, 0.1) is 19.7 Å². The molecule has 168 valence electrons. The highest BCUT2D eigenvalue weighted by molar-refractivity contribution is 6.31. The first-order valence-electron chi connectivity index (χ1n) is 9.26. The van der Waals surface area contributed by atoms with Gasteiger partial charge in [0.1, 0.15) is 5.82 Å². The second kappa shape index (κ2) is 9.04. The Morgan fingerprint density at radius 1 is 1.06 bits per heavy atom. The maximum absolute atomic E-state index is 13.2. The highest BCUT2D eigenvalue weighted by atomic mass is 35.5. The van der Waals surface area contributed by atoms with Crippen molar-refractivity contribution in [3.63, 3.8) is 0 Å². The fraction of sp³-hybridized carbons (Fsp3) is 0.182. The molecule has 0 aliphatic heterocycles. The molecule has 0 aliphatic rings. The van der Waals surface area contributed by atoms with Gasteiger partial charge in [0.15, 0.2) is 6.61 Å². The number of amides is 1. The standard InChI is InChI=1S/C22H17ClF4N2O3/c1-12-9-17(13(2)29(12)16-6-3-14(24)4-7-16)21(31)32-11-20(30)28-15-5-8-19(23)18(10-15)22(25,26)27/h3-10H,11H2,1-2H3,(H,28,30). The number of carbonyl (C=O) groups excluding carboxylic acids is 2. The van der Waals surface area contributed by atoms with Crippen LogP contribution in [0.4, 0.5) is 23.2 Å². The third-order valence-electron chi connectivity index (χ3n) is 4.63. The van der Waals surface area contributed by atoms with Crippen LogP contribution in [0.1, 0.15) is 27.3 Å². The number of hydrogen-bond donors (Lipinski definition) is 1. The van der Waals surface area contributed by atoms with Crippen molar-refractivity contribution in [1.29, 1.82) is 0 Å². The number of benzene rings is 2. The zero-order chi connectivity index (χ0) is 23.6. The van der Waals surface area contributed by atoms with Crippen LogP contribution in [0.3, 0.4) is 0 Å². The highest BCUT2D eigenvalue weighted by Gasteiger charge is 2.33. The monoisotopic (exact) mass is 468 g/mol. The van der Waals surface area contributed by atoms with E-state index >= 15 is 0 Å². The number of halogens is 5. The molecule has 0 aliphatic carbocycles. The molecule has 0 unspecified atom stereocenters. The molecule has 3 aromatic rings. The third kappa shape index (κ3) is 5.11. The van der Waals surface area contributed by atoms with Crippen molar-refractivity contribution >= 4 is 29.2 Å². The molecule has 0 fully saturated rings. The summed E-state index contributed by atoms with van der Waals surface area (Å²) in [5, 5.41) is 1.73. The quantitative estimate of drug-likeness (QED) is 0.386. The van der Waals surface area contributed by atoms with E-state index in [1.54, 1.807) is 36.6 Å². The zero-order valence-electron chi connectivity index (χ0n) is 16.9. The van der Waals surface area contributed by atoms with Gasteiger partial charge >= 0.3 is 12.1 Å². The lowest BCUT2D eigenvalue weighted by molar-refractivity contribution is -0.137. The first-order chi connectivity index (χ1) is 15.0. The lowest BCUT2D eigenvalue weighted by Gasteiger charge is -2.12. The lowest BCUT2D eigenvalue weighted by atomic mass is 10.2. The Hall–Kier alpha value is -3.33. The normalized spacial score (nSPS) is 11.3. The predicted molar refractivity (Wildman–Crippen MR) is 111 cm³/mol. The first kappa shape index (κ1) is 23.3. The number of esters is 1. The first-order valence-corrected chi connectivity index (χ1v) is 9.64. The van der Waals surface area contributed by atoms with Gasteiger partial charge in [-0.25, -0.2) is 9.18 Å². The van der Waals surface area contributed by atoms with E-state index in [9.17, 15) is 27.2 Å². The number of nitrogens with one attached hydrogen (secondary N) is 1. The van der Waals surface area contributed by atoms with Gasteiger partial charge in [-0.3, -0.25) is 4.79 Å². The molecule has 0 bridgehead atoms. The van der Waals surface area contributed by atoms with Crippen LogP contribution in [-0.4, -0.2) is 23.1 Å². The molecule has 1 amide bonds. The summed E-state index contributed by atoms with van der Waals surface area (Å²) < 4.78 is 58.7. The van der Waals surface area contributed by atoms with Gasteiger partial charge in [-0.15, -0.1) is 0 Å². The van der Waals surface area contributed by atoms with Gasteiger partial charge < -0.3 is 14.6 Å². The van der Waals surface area contributed by atoms with Crippen molar-refractivity contribution in [1.82, 2.24) is 4.57 Å². The summed E-state index contributed by atoms with van der Waals surface area (Å²) in [6.07, 6.45) is -4.68. The molecule has 2 aromatic carbocycles. The van der Waals surface area contributed by atoms with Gasteiger partial charge in [0.25, 0.3) is 5.91 Å². The summed E-state index contributed by atoms with van der Waals surface area (Å²) in [6.45, 7) is 2.71. The van der Waals surface area contributed by atoms with E-state index in [1.807, 2.05) is 0 Å². The number of ether oxygens (including phenoxy) is 1. The summed E-state index contributed by atoms with van der Waals surface area (Å²) in [7, 11) is 0. The highest BCUT2D eigenvalue weighted by Crippen LogP contribution is 2.36. The summed E-state index contributed by atoms with van der Waals surface area (Å²) in [6, 6.07) is 10.2.